The number of nitrogens with zero attached hydrogens (tertiary/aromatic N) is 6. The van der Waals surface area contributed by atoms with Crippen LogP contribution in [0.15, 0.2) is 99.9 Å². The van der Waals surface area contributed by atoms with Gasteiger partial charge in [-0.25, -0.2) is 24.5 Å². The summed E-state index contributed by atoms with van der Waals surface area (Å²) in [6.45, 7) is 56.3. The van der Waals surface area contributed by atoms with Crippen molar-refractivity contribution < 1.29 is 37.5 Å². The summed E-state index contributed by atoms with van der Waals surface area (Å²) in [7, 11) is -5.19. The maximum absolute atomic E-state index is 13.4. The minimum atomic E-state index is -1.77. The monoisotopic (exact) mass is 1670 g/mol. The molecule has 0 fully saturated rings. The number of nitrogen functional groups attached to an aromatic ring is 1. The first-order chi connectivity index (χ1) is 48.9. The normalized spacial score (nSPS) is 14.3. The number of amides is 1. The molecule has 3 aromatic heterocycles. The van der Waals surface area contributed by atoms with E-state index in [9.17, 15) is 19.5 Å². The van der Waals surface area contributed by atoms with Crippen molar-refractivity contribution in [2.45, 2.75) is 205 Å². The average molecular weight is 1670 g/mol. The number of nitrogens with two attached hydrogens (primary N) is 1. The van der Waals surface area contributed by atoms with Crippen LogP contribution < -0.4 is 11.1 Å². The van der Waals surface area contributed by atoms with Gasteiger partial charge < -0.3 is 34.2 Å². The number of nitrogens with one attached hydrogen (secondary N) is 1. The van der Waals surface area contributed by atoms with Gasteiger partial charge in [-0.05, 0) is 245 Å². The first kappa shape index (κ1) is 89.4. The number of aromatic nitrogens is 3. The lowest BCUT2D eigenvalue weighted by Crippen LogP contribution is -2.43. The first-order valence-corrected chi connectivity index (χ1v) is 47.6. The van der Waals surface area contributed by atoms with Crippen molar-refractivity contribution in [1.29, 1.82) is 0 Å². The molecule has 1 amide bonds. The van der Waals surface area contributed by atoms with E-state index in [1.807, 2.05) is 113 Å². The lowest BCUT2D eigenvalue weighted by Gasteiger charge is -2.37. The first-order valence-electron chi connectivity index (χ1n) is 36.6. The van der Waals surface area contributed by atoms with Crippen LogP contribution in [0.4, 0.5) is 11.4 Å². The van der Waals surface area contributed by atoms with Gasteiger partial charge in [0.25, 0.3) is 5.91 Å². The van der Waals surface area contributed by atoms with E-state index in [4.69, 9.17) is 51.9 Å². The van der Waals surface area contributed by atoms with Gasteiger partial charge in [0.1, 0.15) is 17.1 Å². The number of carbonyl (C=O) groups is 3. The molecule has 6 heterocycles. The number of esters is 1. The van der Waals surface area contributed by atoms with Crippen molar-refractivity contribution in [2.75, 3.05) is 76.7 Å². The number of aryl methyl sites for hydroxylation is 3. The smallest absolute Gasteiger partial charge is 0.356 e. The average Bonchev–Trinajstić information content (AvgIpc) is 0.787. The number of carboxylic acids is 1. The number of benzene rings is 4. The van der Waals surface area contributed by atoms with E-state index in [0.29, 0.717) is 29.6 Å². The Labute approximate surface area is 663 Å². The van der Waals surface area contributed by atoms with Gasteiger partial charge in [-0.1, -0.05) is 141 Å². The molecular weight excluding hydrogens is 1550 g/mol. The second-order valence-corrected chi connectivity index (χ2v) is 49.2. The second kappa shape index (κ2) is 37.9. The van der Waals surface area contributed by atoms with Crippen LogP contribution in [-0.4, -0.2) is 143 Å². The van der Waals surface area contributed by atoms with Crippen LogP contribution in [-0.2, 0) is 56.9 Å². The fraction of sp³-hybridized carbons (Fsp3) is 0.494. The molecule has 0 spiro atoms. The van der Waals surface area contributed by atoms with Gasteiger partial charge in [0.05, 0.1) is 33.7 Å². The quantitative estimate of drug-likeness (QED) is 0.0393. The largest absolute Gasteiger partial charge is 0.477 e. The summed E-state index contributed by atoms with van der Waals surface area (Å²) in [6.07, 6.45) is 2.83. The Morgan fingerprint density at radius 2 is 0.868 bits per heavy atom. The predicted octanol–water partition coefficient (Wildman–Crippen LogP) is 21.1. The van der Waals surface area contributed by atoms with Gasteiger partial charge in [0.15, 0.2) is 25.0 Å². The summed E-state index contributed by atoms with van der Waals surface area (Å²) in [6, 6.07) is 28.9. The number of hydrogen-bond acceptors (Lipinski definition) is 14. The Morgan fingerprint density at radius 3 is 1.25 bits per heavy atom. The number of halogens is 4. The highest BCUT2D eigenvalue weighted by Crippen LogP contribution is 2.42. The highest BCUT2D eigenvalue weighted by atomic mass is 79.9. The van der Waals surface area contributed by atoms with Gasteiger partial charge >= 0.3 is 11.9 Å². The molecule has 0 saturated carbocycles. The molecule has 10 rings (SSSR count). The predicted molar refractivity (Wildman–Crippen MR) is 454 cm³/mol. The number of aromatic carboxylic acids is 1. The minimum absolute atomic E-state index is 0. The van der Waals surface area contributed by atoms with Crippen LogP contribution in [0, 0.1) is 34.6 Å². The Hall–Kier alpha value is -5.51. The molecular formula is C83H118Br2Cl2N8O8Si3. The Balaban J connectivity index is 0.000000231. The van der Waals surface area contributed by atoms with E-state index in [1.54, 1.807) is 6.07 Å². The summed E-state index contributed by atoms with van der Waals surface area (Å²) in [5.74, 6) is -1.50. The molecule has 4 N–H and O–H groups in total. The van der Waals surface area contributed by atoms with Crippen molar-refractivity contribution in [2.24, 2.45) is 0 Å². The number of carboxylic acid groups (broad SMARTS) is 1. The number of ether oxygens (including phenoxy) is 1. The number of fused-ring (bicyclic) bond motifs is 3. The van der Waals surface area contributed by atoms with Crippen LogP contribution in [0.5, 0.6) is 0 Å². The fourth-order valence-electron chi connectivity index (χ4n) is 12.1. The second-order valence-electron chi connectivity index (χ2n) is 32.3. The molecule has 3 aliphatic rings. The SMILES string of the molecule is C.CCOC(=O)c1cc(C)c2c(n1)CN(CCO[Si](C)(C)C(C)(C)C)CC2.Cc1c(N)cccc1-c1cccc(Br)c1Cl.Cc1cc(C(=O)Nc2cccc(-c3cccc(Br)c3Cl)c2C)nc2c1CCN(CCO[Si](C)(C)C(C)(C)C)C2.Cc1cc(C(=O)O)nc2c1CCN(CCO[Si](C)(C)C(C)(C)C)C2. The molecule has 23 heteroatoms. The summed E-state index contributed by atoms with van der Waals surface area (Å²) < 4.78 is 25.8. The molecule has 0 bridgehead atoms. The summed E-state index contributed by atoms with van der Waals surface area (Å²) in [5, 5.41) is 14.3. The third kappa shape index (κ3) is 23.3. The fourth-order valence-corrected chi connectivity index (χ4v) is 16.4. The highest BCUT2D eigenvalue weighted by molar-refractivity contribution is 9.10. The number of anilines is 2. The van der Waals surface area contributed by atoms with Crippen LogP contribution in [0.3, 0.4) is 0 Å². The van der Waals surface area contributed by atoms with Crippen molar-refractivity contribution >= 4 is 109 Å². The summed E-state index contributed by atoms with van der Waals surface area (Å²) >= 11 is 19.8. The van der Waals surface area contributed by atoms with Gasteiger partial charge in [-0.2, -0.15) is 0 Å². The van der Waals surface area contributed by atoms with E-state index in [1.165, 1.54) is 16.7 Å². The van der Waals surface area contributed by atoms with Gasteiger partial charge in [0, 0.05) is 110 Å². The van der Waals surface area contributed by atoms with Crippen molar-refractivity contribution in [3.05, 3.63) is 189 Å². The maximum Gasteiger partial charge on any atom is 0.356 e. The molecule has 0 unspecified atom stereocenters. The Kier molecular flexibility index (Phi) is 32.0. The van der Waals surface area contributed by atoms with Crippen LogP contribution >= 0.6 is 55.1 Å². The summed E-state index contributed by atoms with van der Waals surface area (Å²) in [4.78, 5) is 57.5. The lowest BCUT2D eigenvalue weighted by molar-refractivity contribution is 0.0517. The van der Waals surface area contributed by atoms with E-state index in [2.05, 4.69) is 177 Å². The van der Waals surface area contributed by atoms with Gasteiger partial charge in [0.2, 0.25) is 0 Å². The molecule has 0 atom stereocenters. The van der Waals surface area contributed by atoms with Gasteiger partial charge in [-0.15, -0.1) is 0 Å². The number of rotatable bonds is 19. The Morgan fingerprint density at radius 1 is 0.528 bits per heavy atom. The maximum atomic E-state index is 13.4. The highest BCUT2D eigenvalue weighted by Gasteiger charge is 2.40. The molecule has 0 radical (unpaired) electrons. The van der Waals surface area contributed by atoms with Crippen LogP contribution in [0.1, 0.15) is 170 Å². The zero-order valence-electron chi connectivity index (χ0n) is 66.1. The van der Waals surface area contributed by atoms with E-state index in [0.717, 1.165) is 184 Å². The third-order valence-electron chi connectivity index (χ3n) is 21.9. The van der Waals surface area contributed by atoms with Crippen molar-refractivity contribution in [1.82, 2.24) is 29.7 Å². The molecule has 0 saturated heterocycles. The van der Waals surface area contributed by atoms with Crippen molar-refractivity contribution in [3.63, 3.8) is 0 Å². The molecule has 7 aromatic rings. The molecule has 0 aliphatic carbocycles. The van der Waals surface area contributed by atoms with E-state index in [-0.39, 0.29) is 40.1 Å². The third-order valence-corrected chi connectivity index (χ3v) is 38.1. The van der Waals surface area contributed by atoms with Crippen LogP contribution in [0.2, 0.25) is 64.4 Å². The van der Waals surface area contributed by atoms with Crippen LogP contribution in [0.25, 0.3) is 22.3 Å². The summed E-state index contributed by atoms with van der Waals surface area (Å²) in [5.41, 5.74) is 24.3. The standard InChI is InChI=1S/C31H39BrClN3O2Si.C20H34N2O3Si.C18H30N2O3Si.C13H11BrClN.CH4/c1-20-18-27(34-28-19-36(15-14-22(20)28)16-17-38-39(6,7)31(3,4)5)30(37)35-26-13-9-10-23(21(26)2)24-11-8-12-25(32)29(24)33;1-8-24-19(23)17-13-15(2)16-9-10-22(14-18(16)21-17)11-12-25-26(6,7)20(3,4)5;1-13-11-15(17(21)22)19-16-12-20(8-7-14(13)16)9-10-23-24(5,6)18(2,3)4;1-8-9(4-3-7-12(8)16)10-5-2-6-11(14)13(10)15;/h8-13,18H,14-17,19H2,1-7H3,(H,35,37);13H,8-12,14H2,1-7H3;11H,7-10,12H2,1-6H3,(H,21,22);2-7H,16H2,1H3;1H4. The van der Waals surface area contributed by atoms with Gasteiger partial charge in [-0.3, -0.25) is 19.5 Å². The number of pyridine rings is 3. The Bertz CT molecular complexity index is 4190. The minimum Gasteiger partial charge on any atom is -0.477 e. The topological polar surface area (TPSA) is 195 Å². The number of carbonyl (C=O) groups excluding carboxylic acids is 2. The molecule has 578 valence electrons. The van der Waals surface area contributed by atoms with E-state index >= 15 is 0 Å². The molecule has 4 aromatic carbocycles. The van der Waals surface area contributed by atoms with E-state index < -0.39 is 30.9 Å². The zero-order chi connectivity index (χ0) is 77.9. The molecule has 106 heavy (non-hydrogen) atoms. The van der Waals surface area contributed by atoms with Crippen molar-refractivity contribution in [3.8, 4) is 22.3 Å². The molecule has 16 nitrogen and oxygen atoms in total. The zero-order valence-corrected chi connectivity index (χ0v) is 73.7. The number of hydrogen-bond donors (Lipinski definition) is 3. The lowest BCUT2D eigenvalue weighted by atomic mass is 9.98. The molecule has 3 aliphatic heterocycles.